The molecule has 0 spiro atoms. The van der Waals surface area contributed by atoms with Gasteiger partial charge in [0.25, 0.3) is 0 Å². The first kappa shape index (κ1) is 16.9. The zero-order valence-corrected chi connectivity index (χ0v) is 14.2. The highest BCUT2D eigenvalue weighted by molar-refractivity contribution is 5.87. The molecule has 6 heteroatoms. The number of urea groups is 1. The van der Waals surface area contributed by atoms with E-state index in [-0.39, 0.29) is 6.04 Å². The summed E-state index contributed by atoms with van der Waals surface area (Å²) in [5, 5.41) is 6.99. The first-order chi connectivity index (χ1) is 12.1. The van der Waals surface area contributed by atoms with E-state index < -0.39 is 6.03 Å². The van der Waals surface area contributed by atoms with Crippen LogP contribution in [0.15, 0.2) is 52.9 Å². The predicted molar refractivity (Wildman–Crippen MR) is 97.7 cm³/mol. The first-order valence-electron chi connectivity index (χ1n) is 8.02. The second-order valence-electron chi connectivity index (χ2n) is 5.82. The number of hydrogen-bond donors (Lipinski definition) is 3. The summed E-state index contributed by atoms with van der Waals surface area (Å²) in [6.07, 6.45) is 0. The molecule has 0 aliphatic heterocycles. The lowest BCUT2D eigenvalue weighted by molar-refractivity contribution is 0.259. The van der Waals surface area contributed by atoms with E-state index in [0.29, 0.717) is 12.2 Å². The summed E-state index contributed by atoms with van der Waals surface area (Å²) in [5.41, 5.74) is 7.62. The average molecular weight is 339 g/mol. The third kappa shape index (κ3) is 3.92. The first-order valence-corrected chi connectivity index (χ1v) is 8.02. The maximum Gasteiger partial charge on any atom is 0.316 e. The van der Waals surface area contributed by atoms with Crippen molar-refractivity contribution in [3.8, 4) is 5.75 Å². The van der Waals surface area contributed by atoms with Gasteiger partial charge in [0.1, 0.15) is 5.76 Å². The molecule has 2 amide bonds. The molecule has 3 rings (SSSR count). The summed E-state index contributed by atoms with van der Waals surface area (Å²) in [7, 11) is 1.63. The quantitative estimate of drug-likeness (QED) is 0.637. The van der Waals surface area contributed by atoms with Crippen molar-refractivity contribution in [2.45, 2.75) is 19.5 Å². The number of amides is 2. The fourth-order valence-electron chi connectivity index (χ4n) is 2.65. The molecule has 0 radical (unpaired) electrons. The average Bonchev–Trinajstić information content (AvgIpc) is 3.04. The summed E-state index contributed by atoms with van der Waals surface area (Å²) in [4.78, 5) is 10.8. The van der Waals surface area contributed by atoms with Gasteiger partial charge in [0.05, 0.1) is 13.2 Å². The smallest absolute Gasteiger partial charge is 0.316 e. The van der Waals surface area contributed by atoms with Gasteiger partial charge >= 0.3 is 6.03 Å². The van der Waals surface area contributed by atoms with Crippen LogP contribution >= 0.6 is 0 Å². The van der Waals surface area contributed by atoms with Gasteiger partial charge in [0, 0.05) is 17.6 Å². The summed E-state index contributed by atoms with van der Waals surface area (Å²) in [6, 6.07) is 14.8. The Balaban J connectivity index is 1.66. The third-order valence-electron chi connectivity index (χ3n) is 4.01. The third-order valence-corrected chi connectivity index (χ3v) is 4.01. The van der Waals surface area contributed by atoms with E-state index in [1.165, 1.54) is 0 Å². The van der Waals surface area contributed by atoms with Gasteiger partial charge in [0.2, 0.25) is 0 Å². The van der Waals surface area contributed by atoms with Crippen molar-refractivity contribution in [1.29, 1.82) is 0 Å². The van der Waals surface area contributed by atoms with E-state index in [1.807, 2.05) is 55.5 Å². The van der Waals surface area contributed by atoms with Crippen LogP contribution < -0.4 is 21.1 Å². The molecule has 0 fully saturated rings. The van der Waals surface area contributed by atoms with E-state index in [0.717, 1.165) is 28.0 Å². The molecule has 25 heavy (non-hydrogen) atoms. The number of nitrogens with one attached hydrogen (secondary N) is 2. The molecule has 0 unspecified atom stereocenters. The minimum Gasteiger partial charge on any atom is -0.493 e. The number of primary amides is 1. The minimum atomic E-state index is -0.570. The van der Waals surface area contributed by atoms with Crippen molar-refractivity contribution in [2.75, 3.05) is 12.4 Å². The van der Waals surface area contributed by atoms with E-state index in [1.54, 1.807) is 7.11 Å². The van der Waals surface area contributed by atoms with E-state index in [2.05, 4.69) is 10.6 Å². The molecule has 0 aliphatic carbocycles. The van der Waals surface area contributed by atoms with E-state index in [4.69, 9.17) is 14.9 Å². The Labute approximate surface area is 146 Å². The summed E-state index contributed by atoms with van der Waals surface area (Å²) in [5.74, 6) is 1.58. The van der Waals surface area contributed by atoms with Crippen LogP contribution in [-0.4, -0.2) is 13.1 Å². The summed E-state index contributed by atoms with van der Waals surface area (Å²) in [6.45, 7) is 2.72. The van der Waals surface area contributed by atoms with Crippen LogP contribution in [-0.2, 0) is 6.54 Å². The Bertz CT molecular complexity index is 871. The van der Waals surface area contributed by atoms with E-state index >= 15 is 0 Å². The van der Waals surface area contributed by atoms with Gasteiger partial charge in [-0.15, -0.1) is 0 Å². The highest BCUT2D eigenvalue weighted by Crippen LogP contribution is 2.30. The van der Waals surface area contributed by atoms with Crippen LogP contribution in [0.1, 0.15) is 24.3 Å². The molecule has 0 aliphatic rings. The number of methoxy groups -OCH3 is 1. The second kappa shape index (κ2) is 7.27. The van der Waals surface area contributed by atoms with Crippen molar-refractivity contribution in [3.63, 3.8) is 0 Å². The van der Waals surface area contributed by atoms with E-state index in [9.17, 15) is 4.79 Å². The zero-order valence-electron chi connectivity index (χ0n) is 14.2. The molecular formula is C19H21N3O3. The van der Waals surface area contributed by atoms with Crippen molar-refractivity contribution in [3.05, 3.63) is 59.9 Å². The van der Waals surface area contributed by atoms with Crippen LogP contribution in [0.5, 0.6) is 5.75 Å². The Morgan fingerprint density at radius 3 is 2.68 bits per heavy atom. The molecular weight excluding hydrogens is 318 g/mol. The van der Waals surface area contributed by atoms with Crippen molar-refractivity contribution in [2.24, 2.45) is 5.73 Å². The molecule has 1 heterocycles. The SMILES string of the molecule is COc1cccc2cc([C@@H](C)NCc3ccc(NC(N)=O)cc3)oc12. The largest absolute Gasteiger partial charge is 0.493 e. The van der Waals surface area contributed by atoms with Crippen LogP contribution in [0.4, 0.5) is 10.5 Å². The number of carbonyl (C=O) groups is 1. The lowest BCUT2D eigenvalue weighted by atomic mass is 10.1. The molecule has 0 bridgehead atoms. The minimum absolute atomic E-state index is 0.0422. The molecule has 1 aromatic heterocycles. The van der Waals surface area contributed by atoms with Gasteiger partial charge in [0.15, 0.2) is 11.3 Å². The highest BCUT2D eigenvalue weighted by Gasteiger charge is 2.13. The number of anilines is 1. The standard InChI is InChI=1S/C19H21N3O3/c1-12(17-10-14-4-3-5-16(24-2)18(14)25-17)21-11-13-6-8-15(9-7-13)22-19(20)23/h3-10,12,21H,11H2,1-2H3,(H3,20,22,23)/t12-/m1/s1. The van der Waals surface area contributed by atoms with Gasteiger partial charge in [-0.25, -0.2) is 4.79 Å². The number of benzene rings is 2. The highest BCUT2D eigenvalue weighted by atomic mass is 16.5. The molecule has 4 N–H and O–H groups in total. The molecule has 3 aromatic rings. The lowest BCUT2D eigenvalue weighted by Crippen LogP contribution is -2.19. The molecule has 1 atom stereocenters. The number of furan rings is 1. The topological polar surface area (TPSA) is 89.5 Å². The maximum absolute atomic E-state index is 10.8. The number of rotatable bonds is 6. The fourth-order valence-corrected chi connectivity index (χ4v) is 2.65. The van der Waals surface area contributed by atoms with Gasteiger partial charge in [-0.05, 0) is 36.8 Å². The molecule has 130 valence electrons. The number of hydrogen-bond acceptors (Lipinski definition) is 4. The lowest BCUT2D eigenvalue weighted by Gasteiger charge is -2.11. The van der Waals surface area contributed by atoms with Gasteiger partial charge in [-0.3, -0.25) is 0 Å². The fraction of sp³-hybridized carbons (Fsp3) is 0.211. The Morgan fingerprint density at radius 1 is 1.24 bits per heavy atom. The Morgan fingerprint density at radius 2 is 2.00 bits per heavy atom. The van der Waals surface area contributed by atoms with Crippen molar-refractivity contribution >= 4 is 22.7 Å². The number of ether oxygens (including phenoxy) is 1. The number of nitrogens with two attached hydrogens (primary N) is 1. The molecule has 2 aromatic carbocycles. The van der Waals surface area contributed by atoms with Gasteiger partial charge < -0.3 is 25.5 Å². The Kier molecular flexibility index (Phi) is 4.90. The number of fused-ring (bicyclic) bond motifs is 1. The van der Waals surface area contributed by atoms with Crippen LogP contribution in [0.3, 0.4) is 0 Å². The monoisotopic (exact) mass is 339 g/mol. The zero-order chi connectivity index (χ0) is 17.8. The normalized spacial score (nSPS) is 12.1. The summed E-state index contributed by atoms with van der Waals surface area (Å²) >= 11 is 0. The predicted octanol–water partition coefficient (Wildman–Crippen LogP) is 3.78. The molecule has 0 saturated carbocycles. The van der Waals surface area contributed by atoms with Crippen LogP contribution in [0.25, 0.3) is 11.0 Å². The molecule has 0 saturated heterocycles. The van der Waals surface area contributed by atoms with Crippen molar-refractivity contribution < 1.29 is 13.9 Å². The van der Waals surface area contributed by atoms with Crippen LogP contribution in [0.2, 0.25) is 0 Å². The number of carbonyl (C=O) groups excluding carboxylic acids is 1. The second-order valence-corrected chi connectivity index (χ2v) is 5.82. The van der Waals surface area contributed by atoms with Gasteiger partial charge in [-0.2, -0.15) is 0 Å². The van der Waals surface area contributed by atoms with Crippen molar-refractivity contribution in [1.82, 2.24) is 5.32 Å². The molecule has 6 nitrogen and oxygen atoms in total. The van der Waals surface area contributed by atoms with Gasteiger partial charge in [-0.1, -0.05) is 24.3 Å². The summed E-state index contributed by atoms with van der Waals surface area (Å²) < 4.78 is 11.3. The Hall–Kier alpha value is -2.99. The number of para-hydroxylation sites is 1. The maximum atomic E-state index is 10.8. The van der Waals surface area contributed by atoms with Crippen LogP contribution in [0, 0.1) is 0 Å².